The highest BCUT2D eigenvalue weighted by Crippen LogP contribution is 2.13. The Morgan fingerprint density at radius 1 is 1.50 bits per heavy atom. The molecule has 2 rings (SSSR count). The van der Waals surface area contributed by atoms with Gasteiger partial charge in [0, 0.05) is 17.6 Å². The minimum atomic E-state index is -0.0145. The van der Waals surface area contributed by atoms with E-state index in [0.29, 0.717) is 18.2 Å². The second-order valence-electron chi connectivity index (χ2n) is 5.17. The Balaban J connectivity index is 1.90. The van der Waals surface area contributed by atoms with Crippen LogP contribution in [0.1, 0.15) is 30.1 Å². The number of nitrogens with one attached hydrogen (secondary N) is 2. The Morgan fingerprint density at radius 3 is 2.90 bits per heavy atom. The molecule has 2 N–H and O–H groups in total. The molecule has 0 radical (unpaired) electrons. The molecule has 1 saturated heterocycles. The molecule has 20 heavy (non-hydrogen) atoms. The van der Waals surface area contributed by atoms with Crippen LogP contribution in [0.25, 0.3) is 0 Å². The highest BCUT2D eigenvalue weighted by Gasteiger charge is 2.20. The third-order valence-electron chi connectivity index (χ3n) is 3.44. The number of hydrogen-bond acceptors (Lipinski definition) is 3. The SMILES string of the molecule is C=CCOc1ccc(C(=O)NC2CCNC(C)C2)cc1. The maximum absolute atomic E-state index is 12.2. The zero-order chi connectivity index (χ0) is 14.4. The molecule has 1 heterocycles. The van der Waals surface area contributed by atoms with Crippen LogP contribution in [0.3, 0.4) is 0 Å². The normalized spacial score (nSPS) is 22.1. The Kier molecular flexibility index (Phi) is 5.18. The van der Waals surface area contributed by atoms with Crippen molar-refractivity contribution in [3.05, 3.63) is 42.5 Å². The number of ether oxygens (including phenoxy) is 1. The molecule has 4 heteroatoms. The lowest BCUT2D eigenvalue weighted by molar-refractivity contribution is 0.0925. The summed E-state index contributed by atoms with van der Waals surface area (Å²) in [6.07, 6.45) is 3.65. The van der Waals surface area contributed by atoms with Crippen molar-refractivity contribution < 1.29 is 9.53 Å². The van der Waals surface area contributed by atoms with Crippen molar-refractivity contribution in [2.24, 2.45) is 0 Å². The van der Waals surface area contributed by atoms with E-state index in [0.717, 1.165) is 25.1 Å². The molecular formula is C16H22N2O2. The zero-order valence-corrected chi connectivity index (χ0v) is 11.9. The summed E-state index contributed by atoms with van der Waals surface area (Å²) in [6, 6.07) is 7.92. The van der Waals surface area contributed by atoms with Gasteiger partial charge in [0.2, 0.25) is 0 Å². The van der Waals surface area contributed by atoms with Crippen LogP contribution < -0.4 is 15.4 Å². The fourth-order valence-corrected chi connectivity index (χ4v) is 2.39. The summed E-state index contributed by atoms with van der Waals surface area (Å²) >= 11 is 0. The molecule has 0 spiro atoms. The first-order valence-electron chi connectivity index (χ1n) is 7.07. The van der Waals surface area contributed by atoms with E-state index in [2.05, 4.69) is 24.1 Å². The molecule has 1 aliphatic heterocycles. The largest absolute Gasteiger partial charge is 0.490 e. The molecule has 1 aromatic rings. The highest BCUT2D eigenvalue weighted by atomic mass is 16.5. The molecule has 2 atom stereocenters. The van der Waals surface area contributed by atoms with Crippen molar-refractivity contribution >= 4 is 5.91 Å². The number of carbonyl (C=O) groups excluding carboxylic acids is 1. The van der Waals surface area contributed by atoms with Gasteiger partial charge in [0.15, 0.2) is 0 Å². The van der Waals surface area contributed by atoms with E-state index in [1.54, 1.807) is 18.2 Å². The van der Waals surface area contributed by atoms with Crippen molar-refractivity contribution in [2.45, 2.75) is 31.8 Å². The molecule has 1 aromatic carbocycles. The summed E-state index contributed by atoms with van der Waals surface area (Å²) in [6.45, 7) is 7.17. The van der Waals surface area contributed by atoms with Gasteiger partial charge in [-0.25, -0.2) is 0 Å². The summed E-state index contributed by atoms with van der Waals surface area (Å²) in [5, 5.41) is 6.47. The van der Waals surface area contributed by atoms with Crippen molar-refractivity contribution in [2.75, 3.05) is 13.2 Å². The van der Waals surface area contributed by atoms with Crippen LogP contribution in [0.2, 0.25) is 0 Å². The van der Waals surface area contributed by atoms with E-state index >= 15 is 0 Å². The molecule has 108 valence electrons. The molecule has 4 nitrogen and oxygen atoms in total. The van der Waals surface area contributed by atoms with Crippen LogP contribution in [0.15, 0.2) is 36.9 Å². The fourth-order valence-electron chi connectivity index (χ4n) is 2.39. The Morgan fingerprint density at radius 2 is 2.25 bits per heavy atom. The Labute approximate surface area is 120 Å². The van der Waals surface area contributed by atoms with Gasteiger partial charge in [-0.15, -0.1) is 0 Å². The number of amides is 1. The molecule has 0 bridgehead atoms. The maximum Gasteiger partial charge on any atom is 0.251 e. The minimum Gasteiger partial charge on any atom is -0.490 e. The average Bonchev–Trinajstić information content (AvgIpc) is 2.45. The Bertz CT molecular complexity index is 456. The lowest BCUT2D eigenvalue weighted by atomic mass is 10.0. The van der Waals surface area contributed by atoms with Crippen molar-refractivity contribution in [1.82, 2.24) is 10.6 Å². The lowest BCUT2D eigenvalue weighted by Gasteiger charge is -2.28. The zero-order valence-electron chi connectivity index (χ0n) is 11.9. The topological polar surface area (TPSA) is 50.4 Å². The summed E-state index contributed by atoms with van der Waals surface area (Å²) in [4.78, 5) is 12.2. The van der Waals surface area contributed by atoms with E-state index in [4.69, 9.17) is 4.74 Å². The molecular weight excluding hydrogens is 252 g/mol. The molecule has 0 aromatic heterocycles. The Hall–Kier alpha value is -1.81. The van der Waals surface area contributed by atoms with Crippen molar-refractivity contribution in [3.8, 4) is 5.75 Å². The average molecular weight is 274 g/mol. The fraction of sp³-hybridized carbons (Fsp3) is 0.438. The van der Waals surface area contributed by atoms with Crippen LogP contribution in [0.4, 0.5) is 0 Å². The molecule has 1 amide bonds. The van der Waals surface area contributed by atoms with E-state index in [1.165, 1.54) is 0 Å². The van der Waals surface area contributed by atoms with E-state index < -0.39 is 0 Å². The van der Waals surface area contributed by atoms with Crippen LogP contribution in [-0.4, -0.2) is 31.1 Å². The van der Waals surface area contributed by atoms with Gasteiger partial charge in [-0.05, 0) is 50.6 Å². The third-order valence-corrected chi connectivity index (χ3v) is 3.44. The maximum atomic E-state index is 12.2. The molecule has 1 fully saturated rings. The summed E-state index contributed by atoms with van der Waals surface area (Å²) in [7, 11) is 0. The molecule has 1 aliphatic rings. The van der Waals surface area contributed by atoms with Crippen LogP contribution in [0.5, 0.6) is 5.75 Å². The van der Waals surface area contributed by atoms with Gasteiger partial charge in [-0.3, -0.25) is 4.79 Å². The first-order chi connectivity index (χ1) is 9.69. The summed E-state index contributed by atoms with van der Waals surface area (Å²) in [5.74, 6) is 0.733. The molecule has 2 unspecified atom stereocenters. The van der Waals surface area contributed by atoms with E-state index in [-0.39, 0.29) is 11.9 Å². The van der Waals surface area contributed by atoms with Gasteiger partial charge in [0.1, 0.15) is 12.4 Å². The predicted octanol–water partition coefficient (Wildman–Crippen LogP) is 2.12. The van der Waals surface area contributed by atoms with E-state index in [1.807, 2.05) is 12.1 Å². The third kappa shape index (κ3) is 4.10. The first kappa shape index (κ1) is 14.6. The highest BCUT2D eigenvalue weighted by molar-refractivity contribution is 5.94. The second-order valence-corrected chi connectivity index (χ2v) is 5.17. The van der Waals surface area contributed by atoms with Crippen molar-refractivity contribution in [3.63, 3.8) is 0 Å². The summed E-state index contributed by atoms with van der Waals surface area (Å²) < 4.78 is 5.40. The lowest BCUT2D eigenvalue weighted by Crippen LogP contribution is -2.46. The van der Waals surface area contributed by atoms with Crippen LogP contribution in [-0.2, 0) is 0 Å². The summed E-state index contributed by atoms with van der Waals surface area (Å²) in [5.41, 5.74) is 0.669. The van der Waals surface area contributed by atoms with Gasteiger partial charge in [-0.2, -0.15) is 0 Å². The van der Waals surface area contributed by atoms with Gasteiger partial charge in [0.05, 0.1) is 0 Å². The smallest absolute Gasteiger partial charge is 0.251 e. The first-order valence-corrected chi connectivity index (χ1v) is 7.07. The number of carbonyl (C=O) groups is 1. The minimum absolute atomic E-state index is 0.0145. The quantitative estimate of drug-likeness (QED) is 0.809. The van der Waals surface area contributed by atoms with Gasteiger partial charge in [0.25, 0.3) is 5.91 Å². The predicted molar refractivity (Wildman–Crippen MR) is 80.1 cm³/mol. The molecule has 0 aliphatic carbocycles. The van der Waals surface area contributed by atoms with Gasteiger partial charge in [-0.1, -0.05) is 12.7 Å². The number of piperidine rings is 1. The standard InChI is InChI=1S/C16H22N2O2/c1-3-10-20-15-6-4-13(5-7-15)16(19)18-14-8-9-17-12(2)11-14/h3-7,12,14,17H,1,8-11H2,2H3,(H,18,19). The second kappa shape index (κ2) is 7.10. The van der Waals surface area contributed by atoms with Crippen molar-refractivity contribution in [1.29, 1.82) is 0 Å². The number of rotatable bonds is 5. The monoisotopic (exact) mass is 274 g/mol. The van der Waals surface area contributed by atoms with Gasteiger partial charge < -0.3 is 15.4 Å². The van der Waals surface area contributed by atoms with Crippen LogP contribution >= 0.6 is 0 Å². The number of hydrogen-bond donors (Lipinski definition) is 2. The number of benzene rings is 1. The van der Waals surface area contributed by atoms with Gasteiger partial charge >= 0.3 is 0 Å². The molecule has 0 saturated carbocycles. The van der Waals surface area contributed by atoms with E-state index in [9.17, 15) is 4.79 Å². The van der Waals surface area contributed by atoms with Crippen LogP contribution in [0, 0.1) is 0 Å².